The van der Waals surface area contributed by atoms with E-state index in [4.69, 9.17) is 5.26 Å². The van der Waals surface area contributed by atoms with Crippen molar-refractivity contribution in [2.45, 2.75) is 13.3 Å². The highest BCUT2D eigenvalue weighted by atomic mass is 16.6. The van der Waals surface area contributed by atoms with Crippen LogP contribution in [-0.2, 0) is 9.63 Å². The van der Waals surface area contributed by atoms with Gasteiger partial charge in [0, 0.05) is 0 Å². The van der Waals surface area contributed by atoms with Crippen molar-refractivity contribution in [2.75, 3.05) is 6.61 Å². The van der Waals surface area contributed by atoms with E-state index in [-0.39, 0.29) is 5.71 Å². The molecule has 0 bridgehead atoms. The average molecular weight is 139 g/mol. The first kappa shape index (κ1) is 8.63. The van der Waals surface area contributed by atoms with E-state index in [1.165, 1.54) is 12.4 Å². The van der Waals surface area contributed by atoms with E-state index >= 15 is 0 Å². The summed E-state index contributed by atoms with van der Waals surface area (Å²) >= 11 is 0. The molecule has 0 aliphatic carbocycles. The molecule has 0 amide bonds. The Labute approximate surface area is 59.1 Å². The lowest BCUT2D eigenvalue weighted by Gasteiger charge is -1.91. The fourth-order valence-electron chi connectivity index (χ4n) is 0.263. The molecule has 0 spiro atoms. The first-order valence-corrected chi connectivity index (χ1v) is 2.83. The molecule has 0 N–H and O–H groups in total. The molecule has 4 nitrogen and oxygen atoms in total. The summed E-state index contributed by atoms with van der Waals surface area (Å²) in [6.45, 7) is 2.30. The number of hydrogen-bond donors (Lipinski definition) is 0. The lowest BCUT2D eigenvalue weighted by molar-refractivity contribution is 0.146. The quantitative estimate of drug-likeness (QED) is 0.322. The van der Waals surface area contributed by atoms with Gasteiger partial charge in [-0.15, -0.1) is 0 Å². The van der Waals surface area contributed by atoms with Crippen molar-refractivity contribution in [2.24, 2.45) is 5.16 Å². The Morgan fingerprint density at radius 3 is 2.90 bits per heavy atom. The van der Waals surface area contributed by atoms with Gasteiger partial charge in [0.05, 0.1) is 0 Å². The highest BCUT2D eigenvalue weighted by Gasteiger charge is 1.93. The van der Waals surface area contributed by atoms with Gasteiger partial charge in [-0.25, -0.2) is 0 Å². The third-order valence-electron chi connectivity index (χ3n) is 0.654. The average Bonchev–Trinajstić information content (AvgIpc) is 1.99. The highest BCUT2D eigenvalue weighted by Crippen LogP contribution is 1.81. The van der Waals surface area contributed by atoms with Gasteiger partial charge in [0.25, 0.3) is 6.29 Å². The first-order valence-electron chi connectivity index (χ1n) is 2.83. The van der Waals surface area contributed by atoms with E-state index in [9.17, 15) is 4.79 Å². The van der Waals surface area contributed by atoms with Crippen molar-refractivity contribution in [1.29, 1.82) is 5.26 Å². The van der Waals surface area contributed by atoms with Gasteiger partial charge in [0.15, 0.2) is 0 Å². The zero-order valence-electron chi connectivity index (χ0n) is 5.63. The molecule has 0 rings (SSSR count). The molecule has 0 aromatic rings. The van der Waals surface area contributed by atoms with Crippen molar-refractivity contribution >= 4 is 12.0 Å². The van der Waals surface area contributed by atoms with E-state index in [1.54, 1.807) is 0 Å². The number of rotatable bonds is 4. The van der Waals surface area contributed by atoms with Crippen molar-refractivity contribution < 1.29 is 9.63 Å². The second kappa shape index (κ2) is 5.76. The van der Waals surface area contributed by atoms with Gasteiger partial charge < -0.3 is 4.84 Å². The van der Waals surface area contributed by atoms with Gasteiger partial charge in [-0.2, -0.15) is 5.26 Å². The predicted molar refractivity (Wildman–Crippen MR) is 35.0 cm³/mol. The zero-order valence-corrected chi connectivity index (χ0v) is 5.63. The Bertz CT molecular complexity index is 169. The SMILES string of the molecule is CCCO/N=C(\[C]=O)C#N. The van der Waals surface area contributed by atoms with Crippen LogP contribution in [0.2, 0.25) is 0 Å². The van der Waals surface area contributed by atoms with Crippen LogP contribution in [-0.4, -0.2) is 18.6 Å². The molecule has 4 heteroatoms. The fourth-order valence-corrected chi connectivity index (χ4v) is 0.263. The summed E-state index contributed by atoms with van der Waals surface area (Å²) in [4.78, 5) is 14.3. The van der Waals surface area contributed by atoms with Crippen molar-refractivity contribution in [1.82, 2.24) is 0 Å². The maximum atomic E-state index is 9.77. The minimum Gasteiger partial charge on any atom is -0.395 e. The normalized spacial score (nSPS) is 10.2. The summed E-state index contributed by atoms with van der Waals surface area (Å²) in [5.41, 5.74) is -0.353. The second-order valence-corrected chi connectivity index (χ2v) is 1.49. The molecule has 0 unspecified atom stereocenters. The molecule has 0 aliphatic rings. The molecule has 10 heavy (non-hydrogen) atoms. The summed E-state index contributed by atoms with van der Waals surface area (Å²) in [5, 5.41) is 11.3. The maximum Gasteiger partial charge on any atom is 0.268 e. The fraction of sp³-hybridized carbons (Fsp3) is 0.500. The lowest BCUT2D eigenvalue weighted by Crippen LogP contribution is -1.96. The Balaban J connectivity index is 3.67. The second-order valence-electron chi connectivity index (χ2n) is 1.49. The van der Waals surface area contributed by atoms with Crippen molar-refractivity contribution in [3.05, 3.63) is 0 Å². The molecule has 0 fully saturated rings. The van der Waals surface area contributed by atoms with E-state index in [2.05, 4.69) is 9.99 Å². The van der Waals surface area contributed by atoms with E-state index in [0.717, 1.165) is 6.42 Å². The molecule has 1 radical (unpaired) electrons. The van der Waals surface area contributed by atoms with Gasteiger partial charge in [-0.05, 0) is 6.42 Å². The Hall–Kier alpha value is -1.37. The van der Waals surface area contributed by atoms with Crippen LogP contribution >= 0.6 is 0 Å². The minimum absolute atomic E-state index is 0.353. The monoisotopic (exact) mass is 139 g/mol. The van der Waals surface area contributed by atoms with Crippen LogP contribution in [0.1, 0.15) is 13.3 Å². The van der Waals surface area contributed by atoms with Crippen LogP contribution in [0.3, 0.4) is 0 Å². The number of hydrogen-bond acceptors (Lipinski definition) is 4. The molecule has 0 aliphatic heterocycles. The Kier molecular flexibility index (Phi) is 4.97. The molecule has 0 saturated heterocycles. The smallest absolute Gasteiger partial charge is 0.268 e. The van der Waals surface area contributed by atoms with Gasteiger partial charge in [-0.3, -0.25) is 4.79 Å². The standard InChI is InChI=1S/C6H7N2O2/c1-2-3-10-8-6(4-7)5-9/h2-3H2,1H3/b8-6-. The van der Waals surface area contributed by atoms with Crippen molar-refractivity contribution in [3.63, 3.8) is 0 Å². The topological polar surface area (TPSA) is 62.4 Å². The number of nitrogens with zero attached hydrogens (tertiary/aromatic N) is 2. The molecule has 0 aromatic carbocycles. The molecule has 53 valence electrons. The van der Waals surface area contributed by atoms with Crippen LogP contribution in [0.4, 0.5) is 0 Å². The molecule has 0 saturated carbocycles. The van der Waals surface area contributed by atoms with Gasteiger partial charge in [0.2, 0.25) is 5.71 Å². The number of carbonyl (C=O) groups excluding carboxylic acids is 1. The van der Waals surface area contributed by atoms with Gasteiger partial charge in [0.1, 0.15) is 12.7 Å². The van der Waals surface area contributed by atoms with Crippen molar-refractivity contribution in [3.8, 4) is 6.07 Å². The molecule has 0 aromatic heterocycles. The summed E-state index contributed by atoms with van der Waals surface area (Å²) in [6, 6.07) is 1.51. The molecule has 0 atom stereocenters. The Morgan fingerprint density at radius 1 is 1.80 bits per heavy atom. The van der Waals surface area contributed by atoms with Crippen LogP contribution in [0.25, 0.3) is 0 Å². The van der Waals surface area contributed by atoms with E-state index in [0.29, 0.717) is 6.61 Å². The summed E-state index contributed by atoms with van der Waals surface area (Å²) < 4.78 is 0. The first-order chi connectivity index (χ1) is 4.85. The number of oxime groups is 1. The van der Waals surface area contributed by atoms with Crippen LogP contribution in [0.5, 0.6) is 0 Å². The largest absolute Gasteiger partial charge is 0.395 e. The van der Waals surface area contributed by atoms with E-state index in [1.807, 2.05) is 6.92 Å². The summed E-state index contributed by atoms with van der Waals surface area (Å²) in [6.07, 6.45) is 2.12. The minimum atomic E-state index is -0.353. The predicted octanol–water partition coefficient (Wildman–Crippen LogP) is 0.402. The Morgan fingerprint density at radius 2 is 2.50 bits per heavy atom. The van der Waals surface area contributed by atoms with Gasteiger partial charge >= 0.3 is 0 Å². The zero-order chi connectivity index (χ0) is 7.82. The summed E-state index contributed by atoms with van der Waals surface area (Å²) in [5.74, 6) is 0. The van der Waals surface area contributed by atoms with E-state index < -0.39 is 0 Å². The molecular weight excluding hydrogens is 132 g/mol. The third kappa shape index (κ3) is 3.61. The molecular formula is C6H7N2O2. The van der Waals surface area contributed by atoms with Crippen LogP contribution < -0.4 is 0 Å². The lowest BCUT2D eigenvalue weighted by atomic mass is 10.5. The number of nitriles is 1. The highest BCUT2D eigenvalue weighted by molar-refractivity contribution is 6.35. The molecule has 0 heterocycles. The summed E-state index contributed by atoms with van der Waals surface area (Å²) in [7, 11) is 0. The van der Waals surface area contributed by atoms with Crippen LogP contribution in [0.15, 0.2) is 5.16 Å². The van der Waals surface area contributed by atoms with Gasteiger partial charge in [-0.1, -0.05) is 12.1 Å². The maximum absolute atomic E-state index is 9.77. The van der Waals surface area contributed by atoms with Crippen LogP contribution in [0, 0.1) is 11.3 Å². The third-order valence-corrected chi connectivity index (χ3v) is 0.654.